The number of unbranched alkanes of at least 4 members (excludes halogenated alkanes) is 1. The van der Waals surface area contributed by atoms with Gasteiger partial charge in [-0.25, -0.2) is 12.7 Å². The fourth-order valence-corrected chi connectivity index (χ4v) is 3.36. The van der Waals surface area contributed by atoms with Gasteiger partial charge < -0.3 is 0 Å². The first-order valence-electron chi connectivity index (χ1n) is 5.12. The fourth-order valence-electron chi connectivity index (χ4n) is 1.75. The summed E-state index contributed by atoms with van der Waals surface area (Å²) in [6.45, 7) is 0.0589. The third kappa shape index (κ3) is 1.78. The van der Waals surface area contributed by atoms with E-state index in [1.54, 1.807) is 12.1 Å². The molecule has 0 spiro atoms. The van der Waals surface area contributed by atoms with Crippen molar-refractivity contribution in [3.8, 4) is 6.07 Å². The minimum atomic E-state index is -3.70. The zero-order chi connectivity index (χ0) is 12.5. The van der Waals surface area contributed by atoms with Crippen LogP contribution in [0.3, 0.4) is 0 Å². The molecule has 1 amide bonds. The zero-order valence-corrected chi connectivity index (χ0v) is 9.77. The summed E-state index contributed by atoms with van der Waals surface area (Å²) in [7, 11) is -3.70. The van der Waals surface area contributed by atoms with Gasteiger partial charge in [0.1, 0.15) is 4.90 Å². The number of nitriles is 1. The summed E-state index contributed by atoms with van der Waals surface area (Å²) in [5.74, 6) is -0.501. The van der Waals surface area contributed by atoms with Crippen LogP contribution in [0.5, 0.6) is 0 Å². The van der Waals surface area contributed by atoms with Crippen LogP contribution in [0.4, 0.5) is 0 Å². The zero-order valence-electron chi connectivity index (χ0n) is 8.96. The highest BCUT2D eigenvalue weighted by molar-refractivity contribution is 7.90. The molecule has 0 aromatic heterocycles. The molecule has 1 aliphatic rings. The maximum absolute atomic E-state index is 12.0. The molecule has 1 aromatic carbocycles. The number of benzene rings is 1. The van der Waals surface area contributed by atoms with Crippen molar-refractivity contribution in [1.82, 2.24) is 4.31 Å². The second-order valence-electron chi connectivity index (χ2n) is 3.64. The van der Waals surface area contributed by atoms with Crippen molar-refractivity contribution in [1.29, 1.82) is 5.26 Å². The Kier molecular flexibility index (Phi) is 2.86. The van der Waals surface area contributed by atoms with E-state index in [9.17, 15) is 13.2 Å². The lowest BCUT2D eigenvalue weighted by Crippen LogP contribution is -2.30. The van der Waals surface area contributed by atoms with Gasteiger partial charge in [0.2, 0.25) is 0 Å². The van der Waals surface area contributed by atoms with Gasteiger partial charge in [0.15, 0.2) is 0 Å². The maximum atomic E-state index is 12.0. The van der Waals surface area contributed by atoms with Gasteiger partial charge in [0.25, 0.3) is 15.9 Å². The van der Waals surface area contributed by atoms with E-state index in [1.165, 1.54) is 12.1 Å². The Morgan fingerprint density at radius 2 is 2.00 bits per heavy atom. The maximum Gasteiger partial charge on any atom is 0.269 e. The first-order chi connectivity index (χ1) is 8.09. The van der Waals surface area contributed by atoms with Crippen LogP contribution in [0.15, 0.2) is 29.2 Å². The van der Waals surface area contributed by atoms with E-state index in [-0.39, 0.29) is 23.4 Å². The predicted molar refractivity (Wildman–Crippen MR) is 59.5 cm³/mol. The van der Waals surface area contributed by atoms with Gasteiger partial charge in [-0.2, -0.15) is 5.26 Å². The number of hydrogen-bond acceptors (Lipinski definition) is 4. The van der Waals surface area contributed by atoms with Crippen LogP contribution >= 0.6 is 0 Å². The van der Waals surface area contributed by atoms with E-state index in [0.717, 1.165) is 4.31 Å². The highest BCUT2D eigenvalue weighted by atomic mass is 32.2. The molecule has 0 saturated carbocycles. The van der Waals surface area contributed by atoms with Crippen molar-refractivity contribution in [3.63, 3.8) is 0 Å². The van der Waals surface area contributed by atoms with Crippen LogP contribution in [0, 0.1) is 11.3 Å². The summed E-state index contributed by atoms with van der Waals surface area (Å²) in [5.41, 5.74) is 0.212. The quantitative estimate of drug-likeness (QED) is 0.753. The molecule has 88 valence electrons. The monoisotopic (exact) mass is 250 g/mol. The lowest BCUT2D eigenvalue weighted by Gasteiger charge is -2.13. The third-order valence-electron chi connectivity index (χ3n) is 2.56. The second kappa shape index (κ2) is 4.18. The summed E-state index contributed by atoms with van der Waals surface area (Å²) in [5, 5.41) is 8.41. The molecule has 17 heavy (non-hydrogen) atoms. The normalized spacial score (nSPS) is 16.6. The Balaban J connectivity index is 2.35. The van der Waals surface area contributed by atoms with Gasteiger partial charge in [-0.1, -0.05) is 12.1 Å². The number of hydrogen-bond donors (Lipinski definition) is 0. The van der Waals surface area contributed by atoms with E-state index >= 15 is 0 Å². The SMILES string of the molecule is N#CCCCN1C(=O)c2ccccc2S1(=O)=O. The number of fused-ring (bicyclic) bond motifs is 1. The summed E-state index contributed by atoms with van der Waals surface area (Å²) in [6.07, 6.45) is 0.588. The molecule has 0 fully saturated rings. The summed E-state index contributed by atoms with van der Waals surface area (Å²) >= 11 is 0. The molecule has 5 nitrogen and oxygen atoms in total. The largest absolute Gasteiger partial charge is 0.269 e. The number of sulfonamides is 1. The average Bonchev–Trinajstić information content (AvgIpc) is 2.51. The topological polar surface area (TPSA) is 78.2 Å². The molecule has 0 saturated heterocycles. The summed E-state index contributed by atoms with van der Waals surface area (Å²) in [6, 6.07) is 8.06. The minimum Gasteiger partial charge on any atom is -0.268 e. The van der Waals surface area contributed by atoms with Crippen molar-refractivity contribution in [2.45, 2.75) is 17.7 Å². The Hall–Kier alpha value is -1.87. The summed E-state index contributed by atoms with van der Waals surface area (Å²) < 4.78 is 24.9. The molecule has 0 N–H and O–H groups in total. The van der Waals surface area contributed by atoms with E-state index < -0.39 is 15.9 Å². The Bertz CT molecular complexity index is 601. The third-order valence-corrected chi connectivity index (χ3v) is 4.40. The molecular weight excluding hydrogens is 240 g/mol. The Morgan fingerprint density at radius 3 is 2.65 bits per heavy atom. The Labute approximate surface area is 99.3 Å². The molecule has 0 aliphatic carbocycles. The van der Waals surface area contributed by atoms with E-state index in [2.05, 4.69) is 0 Å². The number of carbonyl (C=O) groups is 1. The lowest BCUT2D eigenvalue weighted by atomic mass is 10.2. The fraction of sp³-hybridized carbons (Fsp3) is 0.273. The van der Waals surface area contributed by atoms with Crippen LogP contribution in [0.25, 0.3) is 0 Å². The van der Waals surface area contributed by atoms with E-state index in [1.807, 2.05) is 6.07 Å². The van der Waals surface area contributed by atoms with E-state index in [0.29, 0.717) is 6.42 Å². The average molecular weight is 250 g/mol. The van der Waals surface area contributed by atoms with Crippen LogP contribution < -0.4 is 0 Å². The van der Waals surface area contributed by atoms with Crippen LogP contribution in [0.1, 0.15) is 23.2 Å². The molecule has 0 radical (unpaired) electrons. The highest BCUT2D eigenvalue weighted by Gasteiger charge is 2.40. The van der Waals surface area contributed by atoms with Gasteiger partial charge in [0.05, 0.1) is 11.6 Å². The van der Waals surface area contributed by atoms with Gasteiger partial charge in [-0.3, -0.25) is 4.79 Å². The van der Waals surface area contributed by atoms with Crippen LogP contribution in [-0.2, 0) is 10.0 Å². The van der Waals surface area contributed by atoms with Crippen molar-refractivity contribution in [2.24, 2.45) is 0 Å². The van der Waals surface area contributed by atoms with Gasteiger partial charge in [-0.05, 0) is 18.6 Å². The minimum absolute atomic E-state index is 0.0574. The molecule has 6 heteroatoms. The van der Waals surface area contributed by atoms with Gasteiger partial charge >= 0.3 is 0 Å². The van der Waals surface area contributed by atoms with Gasteiger partial charge in [-0.15, -0.1) is 0 Å². The summed E-state index contributed by atoms with van der Waals surface area (Å²) in [4.78, 5) is 11.9. The number of rotatable bonds is 3. The molecule has 1 aliphatic heterocycles. The standard InChI is InChI=1S/C11H10N2O3S/c12-7-3-4-8-13-11(14)9-5-1-2-6-10(9)17(13,15)16/h1-2,5-6H,3-4,8H2. The number of nitrogens with zero attached hydrogens (tertiary/aromatic N) is 2. The first kappa shape index (κ1) is 11.6. The molecule has 0 unspecified atom stereocenters. The Morgan fingerprint density at radius 1 is 1.29 bits per heavy atom. The van der Waals surface area contributed by atoms with E-state index in [4.69, 9.17) is 5.26 Å². The molecule has 0 bridgehead atoms. The molecule has 0 atom stereocenters. The molecule has 2 rings (SSSR count). The predicted octanol–water partition coefficient (Wildman–Crippen LogP) is 1.13. The van der Waals surface area contributed by atoms with Crippen molar-refractivity contribution < 1.29 is 13.2 Å². The smallest absolute Gasteiger partial charge is 0.268 e. The van der Waals surface area contributed by atoms with Crippen LogP contribution in [0.2, 0.25) is 0 Å². The second-order valence-corrected chi connectivity index (χ2v) is 5.47. The molecule has 1 aromatic rings. The molecular formula is C11H10N2O3S. The van der Waals surface area contributed by atoms with Gasteiger partial charge in [0, 0.05) is 13.0 Å². The van der Waals surface area contributed by atoms with Crippen LogP contribution in [-0.4, -0.2) is 25.2 Å². The number of carbonyl (C=O) groups excluding carboxylic acids is 1. The molecule has 1 heterocycles. The van der Waals surface area contributed by atoms with Crippen molar-refractivity contribution in [3.05, 3.63) is 29.8 Å². The number of amides is 1. The highest BCUT2D eigenvalue weighted by Crippen LogP contribution is 2.29. The van der Waals surface area contributed by atoms with Crippen molar-refractivity contribution >= 4 is 15.9 Å². The lowest BCUT2D eigenvalue weighted by molar-refractivity contribution is 0.0870. The first-order valence-corrected chi connectivity index (χ1v) is 6.56. The van der Waals surface area contributed by atoms with Crippen molar-refractivity contribution in [2.75, 3.05) is 6.54 Å².